The Morgan fingerprint density at radius 1 is 1.23 bits per heavy atom. The fraction of sp³-hybridized carbons (Fsp3) is 0.100. The van der Waals surface area contributed by atoms with E-state index in [1.807, 2.05) is 5.38 Å². The Morgan fingerprint density at radius 2 is 2.00 bits per heavy atom. The number of hydrogen-bond donors (Lipinski definition) is 1. The number of benzene rings is 2. The molecular weight excluding hydrogens is 385 g/mol. The third-order valence-corrected chi connectivity index (χ3v) is 5.53. The van der Waals surface area contributed by atoms with Gasteiger partial charge in [0.15, 0.2) is 0 Å². The summed E-state index contributed by atoms with van der Waals surface area (Å²) in [6, 6.07) is 15.8. The van der Waals surface area contributed by atoms with E-state index in [4.69, 9.17) is 23.2 Å². The van der Waals surface area contributed by atoms with Crippen LogP contribution in [-0.2, 0) is 6.42 Å². The highest BCUT2D eigenvalue weighted by atomic mass is 35.5. The van der Waals surface area contributed by atoms with Crippen LogP contribution in [0.3, 0.4) is 0 Å². The quantitative estimate of drug-likeness (QED) is 0.488. The summed E-state index contributed by atoms with van der Waals surface area (Å²) >= 11 is 13.6. The molecule has 6 heteroatoms. The van der Waals surface area contributed by atoms with Crippen molar-refractivity contribution in [3.63, 3.8) is 0 Å². The van der Waals surface area contributed by atoms with Gasteiger partial charge in [0.1, 0.15) is 16.6 Å². The topological polar surface area (TPSA) is 48.7 Å². The first-order valence-electron chi connectivity index (χ1n) is 7.98. The van der Waals surface area contributed by atoms with Gasteiger partial charge in [-0.2, -0.15) is 5.26 Å². The predicted molar refractivity (Wildman–Crippen MR) is 111 cm³/mol. The van der Waals surface area contributed by atoms with Gasteiger partial charge < -0.3 is 5.32 Å². The molecule has 0 unspecified atom stereocenters. The number of halogens is 2. The maximum atomic E-state index is 9.48. The molecule has 26 heavy (non-hydrogen) atoms. The zero-order valence-electron chi connectivity index (χ0n) is 14.0. The van der Waals surface area contributed by atoms with E-state index in [2.05, 4.69) is 47.6 Å². The molecule has 3 nitrogen and oxygen atoms in total. The summed E-state index contributed by atoms with van der Waals surface area (Å²) in [7, 11) is 0. The molecule has 3 aromatic rings. The largest absolute Gasteiger partial charge is 0.359 e. The lowest BCUT2D eigenvalue weighted by atomic mass is 10.1. The maximum Gasteiger partial charge on any atom is 0.136 e. The van der Waals surface area contributed by atoms with E-state index < -0.39 is 0 Å². The molecule has 1 N–H and O–H groups in total. The molecule has 0 saturated heterocycles. The standard InChI is InChI=1S/C20H15Cl2N3S/c1-2-13-6-8-14(9-7-13)18-12-26-20(25-18)15(10-23)11-24-17-5-3-4-16(21)19(17)22/h3-9,11-12,24H,2H2,1H3. The van der Waals surface area contributed by atoms with Gasteiger partial charge in [-0.1, -0.05) is 60.5 Å². The minimum absolute atomic E-state index is 0.415. The predicted octanol–water partition coefficient (Wildman–Crippen LogP) is 6.66. The number of aryl methyl sites for hydroxylation is 1. The first-order valence-corrected chi connectivity index (χ1v) is 9.62. The molecule has 0 spiro atoms. The van der Waals surface area contributed by atoms with E-state index in [0.29, 0.717) is 26.3 Å². The third kappa shape index (κ3) is 4.08. The van der Waals surface area contributed by atoms with Gasteiger partial charge in [0, 0.05) is 17.1 Å². The van der Waals surface area contributed by atoms with Gasteiger partial charge in [-0.05, 0) is 24.1 Å². The van der Waals surface area contributed by atoms with Crippen molar-refractivity contribution in [3.05, 3.63) is 74.7 Å². The van der Waals surface area contributed by atoms with Gasteiger partial charge in [-0.25, -0.2) is 4.98 Å². The number of thiazole rings is 1. The highest BCUT2D eigenvalue weighted by Crippen LogP contribution is 2.31. The van der Waals surface area contributed by atoms with Crippen LogP contribution < -0.4 is 5.32 Å². The van der Waals surface area contributed by atoms with Crippen molar-refractivity contribution < 1.29 is 0 Å². The zero-order chi connectivity index (χ0) is 18.5. The first kappa shape index (κ1) is 18.5. The van der Waals surface area contributed by atoms with Crippen LogP contribution in [0.25, 0.3) is 16.8 Å². The molecule has 0 bridgehead atoms. The minimum Gasteiger partial charge on any atom is -0.359 e. The Hall–Kier alpha value is -2.32. The molecule has 0 aliphatic carbocycles. The number of nitrogens with zero attached hydrogens (tertiary/aromatic N) is 2. The zero-order valence-corrected chi connectivity index (χ0v) is 16.3. The average molecular weight is 400 g/mol. The van der Waals surface area contributed by atoms with Crippen LogP contribution in [0.15, 0.2) is 54.0 Å². The number of nitriles is 1. The Morgan fingerprint density at radius 3 is 2.69 bits per heavy atom. The minimum atomic E-state index is 0.415. The Bertz CT molecular complexity index is 985. The lowest BCUT2D eigenvalue weighted by Gasteiger charge is -2.05. The average Bonchev–Trinajstić information content (AvgIpc) is 3.15. The van der Waals surface area contributed by atoms with Crippen LogP contribution in [-0.4, -0.2) is 4.98 Å². The molecule has 0 saturated carbocycles. The summed E-state index contributed by atoms with van der Waals surface area (Å²) in [5, 5.41) is 16.0. The molecule has 0 aliphatic heterocycles. The van der Waals surface area contributed by atoms with Crippen LogP contribution in [0, 0.1) is 11.3 Å². The fourth-order valence-corrected chi connectivity index (χ4v) is 3.50. The number of hydrogen-bond acceptors (Lipinski definition) is 4. The molecule has 0 aliphatic rings. The number of anilines is 1. The molecule has 0 atom stereocenters. The summed E-state index contributed by atoms with van der Waals surface area (Å²) in [4.78, 5) is 4.59. The van der Waals surface area contributed by atoms with Crippen LogP contribution in [0.5, 0.6) is 0 Å². The van der Waals surface area contributed by atoms with Crippen molar-refractivity contribution >= 4 is 45.8 Å². The molecule has 2 aromatic carbocycles. The van der Waals surface area contributed by atoms with Crippen molar-refractivity contribution in [1.29, 1.82) is 5.26 Å². The van der Waals surface area contributed by atoms with E-state index >= 15 is 0 Å². The number of aromatic nitrogens is 1. The van der Waals surface area contributed by atoms with Gasteiger partial charge in [-0.15, -0.1) is 11.3 Å². The van der Waals surface area contributed by atoms with Crippen molar-refractivity contribution in [3.8, 4) is 17.3 Å². The highest BCUT2D eigenvalue weighted by Gasteiger charge is 2.10. The summed E-state index contributed by atoms with van der Waals surface area (Å²) in [6.07, 6.45) is 2.60. The number of nitrogens with one attached hydrogen (secondary N) is 1. The second kappa shape index (κ2) is 8.37. The van der Waals surface area contributed by atoms with E-state index in [1.165, 1.54) is 16.9 Å². The number of rotatable bonds is 5. The lowest BCUT2D eigenvalue weighted by molar-refractivity contribution is 1.14. The number of allylic oxidation sites excluding steroid dienone is 1. The summed E-state index contributed by atoms with van der Waals surface area (Å²) in [5.41, 5.74) is 4.24. The maximum absolute atomic E-state index is 9.48. The molecule has 130 valence electrons. The van der Waals surface area contributed by atoms with Gasteiger partial charge in [0.25, 0.3) is 0 Å². The first-order chi connectivity index (χ1) is 12.6. The van der Waals surface area contributed by atoms with Gasteiger partial charge in [-0.3, -0.25) is 0 Å². The third-order valence-electron chi connectivity index (χ3n) is 3.84. The van der Waals surface area contributed by atoms with Crippen molar-refractivity contribution in [1.82, 2.24) is 4.98 Å². The van der Waals surface area contributed by atoms with Crippen molar-refractivity contribution in [2.24, 2.45) is 0 Å². The SMILES string of the molecule is CCc1ccc(-c2csc(C(C#N)=CNc3cccc(Cl)c3Cl)n2)cc1. The van der Waals surface area contributed by atoms with E-state index in [1.54, 1.807) is 24.4 Å². The van der Waals surface area contributed by atoms with E-state index in [-0.39, 0.29) is 0 Å². The summed E-state index contributed by atoms with van der Waals surface area (Å²) in [6.45, 7) is 2.12. The molecule has 1 aromatic heterocycles. The molecule has 0 radical (unpaired) electrons. The summed E-state index contributed by atoms with van der Waals surface area (Å²) in [5.74, 6) is 0. The van der Waals surface area contributed by atoms with Crippen LogP contribution in [0.1, 0.15) is 17.5 Å². The lowest BCUT2D eigenvalue weighted by Crippen LogP contribution is -1.92. The van der Waals surface area contributed by atoms with E-state index in [0.717, 1.165) is 17.7 Å². The molecule has 0 amide bonds. The Labute approximate surface area is 166 Å². The van der Waals surface area contributed by atoms with Gasteiger partial charge >= 0.3 is 0 Å². The van der Waals surface area contributed by atoms with E-state index in [9.17, 15) is 5.26 Å². The van der Waals surface area contributed by atoms with Gasteiger partial charge in [0.05, 0.1) is 21.4 Å². The van der Waals surface area contributed by atoms with Crippen LogP contribution >= 0.6 is 34.5 Å². The monoisotopic (exact) mass is 399 g/mol. The normalized spacial score (nSPS) is 11.2. The Balaban J connectivity index is 1.83. The van der Waals surface area contributed by atoms with Crippen LogP contribution in [0.4, 0.5) is 5.69 Å². The van der Waals surface area contributed by atoms with Crippen molar-refractivity contribution in [2.75, 3.05) is 5.32 Å². The molecular formula is C20H15Cl2N3S. The Kier molecular flexibility index (Phi) is 5.95. The fourth-order valence-electron chi connectivity index (χ4n) is 2.35. The van der Waals surface area contributed by atoms with Crippen LogP contribution in [0.2, 0.25) is 10.0 Å². The molecule has 3 rings (SSSR count). The smallest absolute Gasteiger partial charge is 0.136 e. The van der Waals surface area contributed by atoms with Gasteiger partial charge in [0.2, 0.25) is 0 Å². The van der Waals surface area contributed by atoms with Crippen molar-refractivity contribution in [2.45, 2.75) is 13.3 Å². The second-order valence-electron chi connectivity index (χ2n) is 5.50. The summed E-state index contributed by atoms with van der Waals surface area (Å²) < 4.78 is 0. The molecule has 1 heterocycles. The highest BCUT2D eigenvalue weighted by molar-refractivity contribution is 7.11. The molecule has 0 fully saturated rings. The second-order valence-corrected chi connectivity index (χ2v) is 7.15.